The van der Waals surface area contributed by atoms with E-state index in [1.165, 1.54) is 0 Å². The van der Waals surface area contributed by atoms with Crippen molar-refractivity contribution in [2.24, 2.45) is 17.3 Å². The Hall–Kier alpha value is -1.39. The minimum absolute atomic E-state index is 0.0252. The average Bonchev–Trinajstić information content (AvgIpc) is 3.34. The monoisotopic (exact) mass is 360 g/mol. The maximum absolute atomic E-state index is 12.8. The van der Waals surface area contributed by atoms with E-state index in [2.05, 4.69) is 5.32 Å². The third-order valence-electron chi connectivity index (χ3n) is 6.39. The minimum Gasteiger partial charge on any atom is -0.342 e. The van der Waals surface area contributed by atoms with Crippen molar-refractivity contribution in [3.8, 4) is 0 Å². The molecule has 2 heterocycles. The zero-order chi connectivity index (χ0) is 17.4. The summed E-state index contributed by atoms with van der Waals surface area (Å²) in [7, 11) is 0. The molecule has 0 bridgehead atoms. The van der Waals surface area contributed by atoms with Gasteiger partial charge in [-0.3, -0.25) is 9.59 Å². The number of ketones is 1. The summed E-state index contributed by atoms with van der Waals surface area (Å²) >= 11 is 5.89. The number of carbonyl (C=O) groups excluding carboxylic acids is 2. The maximum atomic E-state index is 12.8. The molecule has 5 heteroatoms. The Bertz CT molecular complexity index is 659. The summed E-state index contributed by atoms with van der Waals surface area (Å²) in [4.78, 5) is 27.5. The first-order valence-electron chi connectivity index (χ1n) is 9.38. The summed E-state index contributed by atoms with van der Waals surface area (Å²) in [6.45, 7) is 3.52. The number of rotatable bonds is 3. The molecule has 1 amide bonds. The molecule has 2 saturated heterocycles. The molecule has 0 radical (unpaired) electrons. The summed E-state index contributed by atoms with van der Waals surface area (Å²) < 4.78 is 0. The van der Waals surface area contributed by atoms with Gasteiger partial charge in [-0.25, -0.2) is 0 Å². The average molecular weight is 361 g/mol. The summed E-state index contributed by atoms with van der Waals surface area (Å²) in [6.07, 6.45) is 4.88. The molecule has 2 aliphatic heterocycles. The van der Waals surface area contributed by atoms with Gasteiger partial charge in [-0.15, -0.1) is 0 Å². The predicted octanol–water partition coefficient (Wildman–Crippen LogP) is 3.15. The van der Waals surface area contributed by atoms with Crippen molar-refractivity contribution in [1.29, 1.82) is 0 Å². The smallest absolute Gasteiger partial charge is 0.226 e. The molecule has 3 fully saturated rings. The fourth-order valence-electron chi connectivity index (χ4n) is 4.61. The number of Topliss-reactive ketones (excluding diaryl/α,β-unsaturated/α-hetero) is 1. The zero-order valence-electron chi connectivity index (χ0n) is 14.5. The van der Waals surface area contributed by atoms with Gasteiger partial charge in [-0.2, -0.15) is 0 Å². The van der Waals surface area contributed by atoms with E-state index in [-0.39, 0.29) is 23.0 Å². The van der Waals surface area contributed by atoms with E-state index in [0.29, 0.717) is 24.0 Å². The van der Waals surface area contributed by atoms with Gasteiger partial charge in [0.25, 0.3) is 0 Å². The molecule has 1 atom stereocenters. The van der Waals surface area contributed by atoms with Gasteiger partial charge in [0, 0.05) is 35.5 Å². The first-order valence-corrected chi connectivity index (χ1v) is 9.76. The molecule has 4 rings (SSSR count). The number of halogens is 1. The van der Waals surface area contributed by atoms with Crippen LogP contribution in [0.15, 0.2) is 24.3 Å². The van der Waals surface area contributed by atoms with Crippen molar-refractivity contribution in [1.82, 2.24) is 10.2 Å². The SMILES string of the molecule is O=C(c1ccc(Cl)cc1)C1CCN(C(=O)C2CC23CCNCC3)CC1. The number of likely N-dealkylation sites (tertiary alicyclic amines) is 1. The van der Waals surface area contributed by atoms with Crippen molar-refractivity contribution in [3.63, 3.8) is 0 Å². The highest BCUT2D eigenvalue weighted by Crippen LogP contribution is 2.59. The second-order valence-corrected chi connectivity index (χ2v) is 8.28. The van der Waals surface area contributed by atoms with Gasteiger partial charge >= 0.3 is 0 Å². The third-order valence-corrected chi connectivity index (χ3v) is 6.65. The Balaban J connectivity index is 1.32. The Morgan fingerprint density at radius 1 is 1.08 bits per heavy atom. The van der Waals surface area contributed by atoms with Crippen LogP contribution in [0.4, 0.5) is 0 Å². The number of amides is 1. The van der Waals surface area contributed by atoms with Gasteiger partial charge in [0.2, 0.25) is 5.91 Å². The summed E-state index contributed by atoms with van der Waals surface area (Å²) in [5.41, 5.74) is 1.02. The number of carbonyl (C=O) groups is 2. The Morgan fingerprint density at radius 3 is 2.36 bits per heavy atom. The van der Waals surface area contributed by atoms with E-state index in [1.807, 2.05) is 4.90 Å². The van der Waals surface area contributed by atoms with Crippen LogP contribution in [-0.2, 0) is 4.79 Å². The lowest BCUT2D eigenvalue weighted by molar-refractivity contribution is -0.134. The fraction of sp³-hybridized carbons (Fsp3) is 0.600. The summed E-state index contributed by atoms with van der Waals surface area (Å²) in [5.74, 6) is 0.777. The van der Waals surface area contributed by atoms with Crippen LogP contribution in [0.3, 0.4) is 0 Å². The molecule has 1 aliphatic carbocycles. The van der Waals surface area contributed by atoms with Crippen LogP contribution < -0.4 is 5.32 Å². The number of nitrogens with one attached hydrogen (secondary N) is 1. The van der Waals surface area contributed by atoms with E-state index >= 15 is 0 Å². The highest BCUT2D eigenvalue weighted by atomic mass is 35.5. The first kappa shape index (κ1) is 17.0. The van der Waals surface area contributed by atoms with Crippen LogP contribution in [-0.4, -0.2) is 42.8 Å². The van der Waals surface area contributed by atoms with Gasteiger partial charge in [-0.1, -0.05) is 11.6 Å². The minimum atomic E-state index is 0.0252. The fourth-order valence-corrected chi connectivity index (χ4v) is 4.73. The molecule has 134 valence electrons. The molecule has 3 aliphatic rings. The maximum Gasteiger partial charge on any atom is 0.226 e. The van der Waals surface area contributed by atoms with Crippen molar-refractivity contribution < 1.29 is 9.59 Å². The highest BCUT2D eigenvalue weighted by Gasteiger charge is 2.58. The Labute approximate surface area is 153 Å². The molecule has 25 heavy (non-hydrogen) atoms. The molecule has 1 aromatic rings. The normalized spacial score (nSPS) is 25.8. The summed E-state index contributed by atoms with van der Waals surface area (Å²) in [5, 5.41) is 4.03. The van der Waals surface area contributed by atoms with Crippen LogP contribution in [0.25, 0.3) is 0 Å². The number of benzene rings is 1. The van der Waals surface area contributed by atoms with Crippen LogP contribution in [0.1, 0.15) is 42.5 Å². The first-order chi connectivity index (χ1) is 12.1. The predicted molar refractivity (Wildman–Crippen MR) is 97.7 cm³/mol. The Morgan fingerprint density at radius 2 is 1.72 bits per heavy atom. The lowest BCUT2D eigenvalue weighted by atomic mass is 9.88. The van der Waals surface area contributed by atoms with Gasteiger partial charge in [0.05, 0.1) is 0 Å². The largest absolute Gasteiger partial charge is 0.342 e. The van der Waals surface area contributed by atoms with Crippen LogP contribution >= 0.6 is 11.6 Å². The summed E-state index contributed by atoms with van der Waals surface area (Å²) in [6, 6.07) is 7.12. The van der Waals surface area contributed by atoms with Gasteiger partial charge in [-0.05, 0) is 74.9 Å². The van der Waals surface area contributed by atoms with Crippen LogP contribution in [0.5, 0.6) is 0 Å². The standard InChI is InChI=1S/C20H25ClN2O2/c21-16-3-1-14(2-4-16)18(24)15-5-11-23(12-6-15)19(25)17-13-20(17)7-9-22-10-8-20/h1-4,15,17,22H,5-13H2. The molecule has 1 N–H and O–H groups in total. The van der Waals surface area contributed by atoms with Crippen LogP contribution in [0, 0.1) is 17.3 Å². The van der Waals surface area contributed by atoms with Gasteiger partial charge in [0.1, 0.15) is 0 Å². The molecular formula is C20H25ClN2O2. The van der Waals surface area contributed by atoms with E-state index in [1.54, 1.807) is 24.3 Å². The Kier molecular flexibility index (Phi) is 4.59. The lowest BCUT2D eigenvalue weighted by Crippen LogP contribution is -2.42. The molecule has 1 saturated carbocycles. The molecule has 1 spiro atoms. The molecule has 1 aromatic carbocycles. The van der Waals surface area contributed by atoms with Gasteiger partial charge < -0.3 is 10.2 Å². The number of hydrogen-bond donors (Lipinski definition) is 1. The number of piperidine rings is 2. The second kappa shape index (κ2) is 6.73. The zero-order valence-corrected chi connectivity index (χ0v) is 15.2. The van der Waals surface area contributed by atoms with E-state index in [9.17, 15) is 9.59 Å². The quantitative estimate of drug-likeness (QED) is 0.842. The number of hydrogen-bond acceptors (Lipinski definition) is 3. The molecule has 4 nitrogen and oxygen atoms in total. The third kappa shape index (κ3) is 3.34. The second-order valence-electron chi connectivity index (χ2n) is 7.84. The molecular weight excluding hydrogens is 336 g/mol. The molecule has 1 unspecified atom stereocenters. The number of nitrogens with zero attached hydrogens (tertiary/aromatic N) is 1. The van der Waals surface area contributed by atoms with Crippen molar-refractivity contribution in [2.45, 2.75) is 32.1 Å². The topological polar surface area (TPSA) is 49.4 Å². The van der Waals surface area contributed by atoms with Gasteiger partial charge in [0.15, 0.2) is 5.78 Å². The van der Waals surface area contributed by atoms with E-state index in [4.69, 9.17) is 11.6 Å². The van der Waals surface area contributed by atoms with Crippen molar-refractivity contribution in [3.05, 3.63) is 34.9 Å². The lowest BCUT2D eigenvalue weighted by Gasteiger charge is -2.32. The highest BCUT2D eigenvalue weighted by molar-refractivity contribution is 6.30. The molecule has 0 aromatic heterocycles. The van der Waals surface area contributed by atoms with Crippen LogP contribution in [0.2, 0.25) is 5.02 Å². The van der Waals surface area contributed by atoms with Crippen molar-refractivity contribution >= 4 is 23.3 Å². The van der Waals surface area contributed by atoms with E-state index in [0.717, 1.165) is 50.8 Å². The van der Waals surface area contributed by atoms with Crippen molar-refractivity contribution in [2.75, 3.05) is 26.2 Å². The van der Waals surface area contributed by atoms with E-state index < -0.39 is 0 Å².